The van der Waals surface area contributed by atoms with E-state index in [-0.39, 0.29) is 32.0 Å². The van der Waals surface area contributed by atoms with Gasteiger partial charge in [0, 0.05) is 25.0 Å². The summed E-state index contributed by atoms with van der Waals surface area (Å²) in [4.78, 5) is 77.0. The van der Waals surface area contributed by atoms with Crippen molar-refractivity contribution in [1.82, 2.24) is 36.4 Å². The predicted molar refractivity (Wildman–Crippen MR) is 278 cm³/mol. The fourth-order valence-electron chi connectivity index (χ4n) is 6.71. The number of carbonyl (C=O) groups excluding carboxylic acids is 6. The molecule has 2 aromatic rings. The van der Waals surface area contributed by atoms with Crippen LogP contribution in [0.4, 0.5) is 15.3 Å². The molecule has 4 rings (SSSR count). The van der Waals surface area contributed by atoms with E-state index in [9.17, 15) is 28.8 Å². The van der Waals surface area contributed by atoms with Gasteiger partial charge in [0.15, 0.2) is 6.10 Å². The monoisotopic (exact) mass is 1050 g/mol. The van der Waals surface area contributed by atoms with Crippen molar-refractivity contribution in [3.63, 3.8) is 0 Å². The molecule has 414 valence electrons. The molecule has 1 saturated carbocycles. The Kier molecular flexibility index (Phi) is 35.0. The molecule has 2 aliphatic rings. The lowest BCUT2D eigenvalue weighted by atomic mass is 9.99. The second-order valence-electron chi connectivity index (χ2n) is 17.8. The Labute approximate surface area is 435 Å². The number of methoxy groups -OCH3 is 1. The van der Waals surface area contributed by atoms with Crippen molar-refractivity contribution in [3.05, 3.63) is 41.2 Å². The number of hydrogen-bond acceptors (Lipinski definition) is 16. The van der Waals surface area contributed by atoms with Crippen molar-refractivity contribution >= 4 is 60.2 Å². The standard InChI is InChI=1S/C35H50BN7O8.C8H18N2O4.2C2H6.CH4O2S/c1-21(2)31(32(47)38-17-29(45)39-25-11-7-22(8-12-25)19-49-33(36)48)51-41-30(46)18-37-28(44)16-35(5,6)50-20-34(3,4)43-27-14-10-24-15-23(24)9-13-26(27)40-42-43;1-12-8(11)10-3-5-14-7-6-13-4-2-9;2*1-2;1-4(2)3/h7-8,11-12,21,23-24,31H,9-10,13-20H2,1-6H3,(H,37,44)(H,38,47)(H,39,45)(H,41,46);2-7,9H2,1H3,(H,10,11);2*1-2H3;1H3,(H,2,3). The smallest absolute Gasteiger partial charge is 0.406 e. The van der Waals surface area contributed by atoms with Crippen molar-refractivity contribution in [2.24, 2.45) is 23.5 Å². The van der Waals surface area contributed by atoms with Gasteiger partial charge in [-0.25, -0.2) is 19.2 Å². The maximum Gasteiger partial charge on any atom is 0.406 e. The van der Waals surface area contributed by atoms with Gasteiger partial charge in [0.25, 0.3) is 11.8 Å². The van der Waals surface area contributed by atoms with Crippen LogP contribution >= 0.6 is 0 Å². The van der Waals surface area contributed by atoms with Crippen molar-refractivity contribution < 1.29 is 66.1 Å². The molecule has 0 saturated heterocycles. The number of ether oxygens (including phenoxy) is 5. The third-order valence-electron chi connectivity index (χ3n) is 10.4. The molecule has 2 radical (unpaired) electrons. The molecule has 1 heterocycles. The summed E-state index contributed by atoms with van der Waals surface area (Å²) in [7, 11) is 6.27. The fraction of sp³-hybridized carbons (Fsp3) is 0.708. The molecule has 1 aromatic heterocycles. The number of nitrogens with two attached hydrogens (primary N) is 1. The summed E-state index contributed by atoms with van der Waals surface area (Å²) in [6.07, 6.45) is 5.22. The van der Waals surface area contributed by atoms with E-state index < -0.39 is 63.9 Å². The van der Waals surface area contributed by atoms with Crippen LogP contribution in [0.2, 0.25) is 0 Å². The summed E-state index contributed by atoms with van der Waals surface area (Å²) in [5.74, 6) is -1.74. The summed E-state index contributed by atoms with van der Waals surface area (Å²) in [5.41, 5.74) is 9.51. The summed E-state index contributed by atoms with van der Waals surface area (Å²) in [5, 5.41) is 19.2. The Morgan fingerprint density at radius 1 is 0.877 bits per heavy atom. The van der Waals surface area contributed by atoms with Crippen LogP contribution < -0.4 is 32.5 Å². The third-order valence-corrected chi connectivity index (χ3v) is 10.4. The molecule has 73 heavy (non-hydrogen) atoms. The largest absolute Gasteiger partial charge is 0.470 e. The van der Waals surface area contributed by atoms with Gasteiger partial charge < -0.3 is 55.2 Å². The van der Waals surface area contributed by atoms with E-state index in [4.69, 9.17) is 46.1 Å². The first-order valence-electron chi connectivity index (χ1n) is 24.6. The van der Waals surface area contributed by atoms with Crippen LogP contribution in [0.5, 0.6) is 0 Å². The molecule has 4 unspecified atom stereocenters. The van der Waals surface area contributed by atoms with Crippen LogP contribution in [-0.2, 0) is 83.8 Å². The van der Waals surface area contributed by atoms with E-state index in [1.54, 1.807) is 38.1 Å². The number of anilines is 1. The van der Waals surface area contributed by atoms with Crippen LogP contribution in [-0.4, -0.2) is 151 Å². The van der Waals surface area contributed by atoms with Gasteiger partial charge in [0.1, 0.15) is 17.7 Å². The molecule has 0 bridgehead atoms. The first-order chi connectivity index (χ1) is 34.6. The second-order valence-corrected chi connectivity index (χ2v) is 18.6. The van der Waals surface area contributed by atoms with E-state index in [0.717, 1.165) is 36.8 Å². The van der Waals surface area contributed by atoms with Gasteiger partial charge in [0.2, 0.25) is 25.5 Å². The van der Waals surface area contributed by atoms with Crippen LogP contribution in [0.25, 0.3) is 0 Å². The van der Waals surface area contributed by atoms with E-state index >= 15 is 0 Å². The number of hydroxylamine groups is 1. The normalized spacial score (nSPS) is 15.2. The lowest BCUT2D eigenvalue weighted by Crippen LogP contribution is -2.47. The highest BCUT2D eigenvalue weighted by Crippen LogP contribution is 2.46. The lowest BCUT2D eigenvalue weighted by molar-refractivity contribution is -0.152. The maximum absolute atomic E-state index is 12.8. The maximum atomic E-state index is 12.8. The SMILES string of the molecule is CC.CC.COC(=O)NCCOCCOCCN.CS(=O)O.[B]C(=O)OCc1ccc(NC(=O)CNC(=O)C(ONC(=O)CNC(=O)CC(C)(C)OCC(C)(C)n2nnc3c2CCC2CC2CC3)C(C)C)cc1. The summed E-state index contributed by atoms with van der Waals surface area (Å²) in [6, 6.07) is 6.52. The zero-order chi connectivity index (χ0) is 55.6. The van der Waals surface area contributed by atoms with Crippen LogP contribution in [0, 0.1) is 17.8 Å². The number of benzene rings is 1. The second kappa shape index (κ2) is 37.6. The zero-order valence-corrected chi connectivity index (χ0v) is 45.9. The van der Waals surface area contributed by atoms with Gasteiger partial charge in [-0.1, -0.05) is 58.9 Å². The Bertz CT molecular complexity index is 1950. The number of amides is 5. The predicted octanol–water partition coefficient (Wildman–Crippen LogP) is 3.69. The van der Waals surface area contributed by atoms with Gasteiger partial charge in [-0.05, 0) is 95.2 Å². The van der Waals surface area contributed by atoms with Crippen molar-refractivity contribution in [2.75, 3.05) is 77.9 Å². The Hall–Kier alpha value is -5.05. The number of nitrogens with zero attached hydrogens (tertiary/aromatic N) is 3. The van der Waals surface area contributed by atoms with Crippen LogP contribution in [0.15, 0.2) is 24.3 Å². The molecule has 0 aliphatic heterocycles. The van der Waals surface area contributed by atoms with Crippen LogP contribution in [0.3, 0.4) is 0 Å². The molecule has 0 spiro atoms. The number of aryl methyl sites for hydroxylation is 1. The lowest BCUT2D eigenvalue weighted by Gasteiger charge is -2.32. The quantitative estimate of drug-likeness (QED) is 0.0323. The van der Waals surface area contributed by atoms with E-state index in [0.29, 0.717) is 57.4 Å². The number of alkyl carbamates (subject to hydrolysis) is 1. The van der Waals surface area contributed by atoms with Gasteiger partial charge in [-0.15, -0.1) is 5.10 Å². The van der Waals surface area contributed by atoms with E-state index in [2.05, 4.69) is 55.6 Å². The Morgan fingerprint density at radius 2 is 1.47 bits per heavy atom. The fourth-order valence-corrected chi connectivity index (χ4v) is 6.71. The number of carbonyl (C=O) groups is 6. The molecule has 25 heteroatoms. The van der Waals surface area contributed by atoms with Crippen molar-refractivity contribution in [3.8, 4) is 0 Å². The molecule has 1 aromatic carbocycles. The van der Waals surface area contributed by atoms with Gasteiger partial charge >= 0.3 is 6.09 Å². The minimum absolute atomic E-state index is 0.00123. The van der Waals surface area contributed by atoms with Crippen LogP contribution in [0.1, 0.15) is 112 Å². The average Bonchev–Trinajstić information content (AvgIpc) is 3.96. The summed E-state index contributed by atoms with van der Waals surface area (Å²) < 4.78 is 44.1. The Morgan fingerprint density at radius 3 is 2.04 bits per heavy atom. The van der Waals surface area contributed by atoms with Crippen molar-refractivity contribution in [1.29, 1.82) is 0 Å². The van der Waals surface area contributed by atoms with Gasteiger partial charge in [-0.2, -0.15) is 0 Å². The van der Waals surface area contributed by atoms with Gasteiger partial charge in [0.05, 0.1) is 82.2 Å². The first-order valence-corrected chi connectivity index (χ1v) is 26.2. The molecule has 4 atom stereocenters. The summed E-state index contributed by atoms with van der Waals surface area (Å²) >= 11 is -1.61. The highest BCUT2D eigenvalue weighted by Gasteiger charge is 2.39. The molecule has 5 amide bonds. The summed E-state index contributed by atoms with van der Waals surface area (Å²) in [6.45, 7) is 21.7. The molecular formula is C48H84BN9O14S. The molecule has 1 fully saturated rings. The highest BCUT2D eigenvalue weighted by molar-refractivity contribution is 7.78. The first kappa shape index (κ1) is 68.0. The van der Waals surface area contributed by atoms with E-state index in [1.165, 1.54) is 31.9 Å². The van der Waals surface area contributed by atoms with Gasteiger partial charge in [-0.3, -0.25) is 28.8 Å². The van der Waals surface area contributed by atoms with E-state index in [1.807, 2.05) is 46.2 Å². The number of hydrogen-bond donors (Lipinski definition) is 7. The zero-order valence-electron chi connectivity index (χ0n) is 45.1. The third kappa shape index (κ3) is 30.7. The Balaban J connectivity index is 0.00000198. The minimum atomic E-state index is -1.61. The molecular weight excluding hydrogens is 969 g/mol. The number of fused-ring (bicyclic) bond motifs is 2. The number of rotatable bonds is 25. The topological polar surface area (TPSA) is 312 Å². The minimum Gasteiger partial charge on any atom is -0.470 e. The number of aromatic nitrogens is 3. The number of nitrogens with one attached hydrogen (secondary N) is 5. The highest BCUT2D eigenvalue weighted by atomic mass is 32.2. The molecule has 23 nitrogen and oxygen atoms in total. The average molecular weight is 1050 g/mol. The van der Waals surface area contributed by atoms with Crippen molar-refractivity contribution in [2.45, 2.75) is 132 Å². The molecule has 8 N–H and O–H groups in total. The molecule has 2 aliphatic carbocycles.